The molecule has 12 heteroatoms. The number of aryl methyl sites for hydroxylation is 1. The van der Waals surface area contributed by atoms with E-state index in [2.05, 4.69) is 4.98 Å². The number of aromatic hydroxyl groups is 5. The Kier molecular flexibility index (Phi) is 3.75. The predicted octanol–water partition coefficient (Wildman–Crippen LogP) is 2.40. The average molecular weight is 455 g/mol. The van der Waals surface area contributed by atoms with Crippen LogP contribution in [0.25, 0.3) is 27.4 Å². The highest BCUT2D eigenvalue weighted by Gasteiger charge is 2.46. The number of phenols is 5. The Labute approximate surface area is 184 Å². The van der Waals surface area contributed by atoms with Crippen LogP contribution in [-0.4, -0.2) is 63.9 Å². The maximum Gasteiger partial charge on any atom is 0.204 e. The lowest BCUT2D eigenvalue weighted by atomic mass is 9.64. The van der Waals surface area contributed by atoms with Crippen LogP contribution in [0.1, 0.15) is 22.6 Å². The second kappa shape index (κ2) is 6.06. The van der Waals surface area contributed by atoms with E-state index in [-0.39, 0.29) is 38.7 Å². The molecule has 33 heavy (non-hydrogen) atoms. The van der Waals surface area contributed by atoms with Gasteiger partial charge in [0.25, 0.3) is 0 Å². The fourth-order valence-electron chi connectivity index (χ4n) is 4.97. The molecule has 0 radical (unpaired) electrons. The number of aromatic nitrogens is 1. The summed E-state index contributed by atoms with van der Waals surface area (Å²) in [7, 11) is 1.57. The van der Waals surface area contributed by atoms with Crippen molar-refractivity contribution in [2.45, 2.75) is 12.7 Å². The Morgan fingerprint density at radius 1 is 0.636 bits per heavy atom. The van der Waals surface area contributed by atoms with Gasteiger partial charge in [0.1, 0.15) is 30.9 Å². The standard InChI is InChI=1S/C21H18BNO10/c1-2-3-7(17(29)19(31)12(2)24)14(26)6-5-10(23-11(6)15(3)27)9(22)4-8(13(5)25)18(30)21(33)20(32)16(4)28/h4,9,23-33H,22H2,1H3. The number of phenolic OH excluding ortho intramolecular Hbond substituents is 5. The molecule has 2 atom stereocenters. The Morgan fingerprint density at radius 3 is 1.91 bits per heavy atom. The first-order chi connectivity index (χ1) is 15.4. The number of hydrogen-bond donors (Lipinski definition) is 11. The number of aromatic amines is 1. The summed E-state index contributed by atoms with van der Waals surface area (Å²) in [6.45, 7) is 1.35. The molecule has 2 aliphatic carbocycles. The summed E-state index contributed by atoms with van der Waals surface area (Å²) in [5, 5.41) is 104. The number of rotatable bonds is 0. The molecule has 0 saturated heterocycles. The number of aliphatic hydroxyl groups excluding tert-OH is 5. The summed E-state index contributed by atoms with van der Waals surface area (Å²) < 4.78 is 0. The number of H-pyrrole nitrogens is 1. The third kappa shape index (κ3) is 2.14. The molecule has 2 aromatic carbocycles. The summed E-state index contributed by atoms with van der Waals surface area (Å²) in [6.07, 6.45) is 0. The zero-order chi connectivity index (χ0) is 24.3. The molecule has 2 aliphatic rings. The zero-order valence-corrected chi connectivity index (χ0v) is 17.1. The van der Waals surface area contributed by atoms with Crippen LogP contribution in [0.5, 0.6) is 28.7 Å². The van der Waals surface area contributed by atoms with Gasteiger partial charge in [-0.1, -0.05) is 0 Å². The van der Waals surface area contributed by atoms with E-state index in [0.29, 0.717) is 0 Å². The van der Waals surface area contributed by atoms with Gasteiger partial charge in [-0.3, -0.25) is 0 Å². The van der Waals surface area contributed by atoms with Crippen LogP contribution in [-0.2, 0) is 0 Å². The number of allylic oxidation sites excluding steroid dienone is 2. The molecule has 0 spiro atoms. The Bertz CT molecular complexity index is 1540. The Morgan fingerprint density at radius 2 is 1.27 bits per heavy atom. The molecule has 5 rings (SSSR count). The largest absolute Gasteiger partial charge is 0.508 e. The minimum Gasteiger partial charge on any atom is -0.508 e. The number of benzene rings is 2. The van der Waals surface area contributed by atoms with Crippen LogP contribution in [0.4, 0.5) is 0 Å². The maximum absolute atomic E-state index is 11.1. The van der Waals surface area contributed by atoms with Crippen molar-refractivity contribution >= 4 is 35.3 Å². The van der Waals surface area contributed by atoms with Crippen molar-refractivity contribution in [3.8, 4) is 28.7 Å². The molecule has 0 amide bonds. The third-order valence-corrected chi connectivity index (χ3v) is 6.64. The number of fused-ring (bicyclic) bond motifs is 5. The summed E-state index contributed by atoms with van der Waals surface area (Å²) in [6, 6.07) is 0. The molecular formula is C21H18BNO10. The van der Waals surface area contributed by atoms with Gasteiger partial charge in [0, 0.05) is 22.2 Å². The Hall–Kier alpha value is -4.48. The molecule has 3 aromatic rings. The second-order valence-corrected chi connectivity index (χ2v) is 8.24. The predicted molar refractivity (Wildman–Crippen MR) is 118 cm³/mol. The van der Waals surface area contributed by atoms with Gasteiger partial charge >= 0.3 is 0 Å². The van der Waals surface area contributed by atoms with Crippen molar-refractivity contribution < 1.29 is 51.1 Å². The topological polar surface area (TPSA) is 218 Å². The van der Waals surface area contributed by atoms with Crippen molar-refractivity contribution in [3.05, 3.63) is 45.4 Å². The molecule has 0 bridgehead atoms. The van der Waals surface area contributed by atoms with Crippen molar-refractivity contribution in [1.29, 1.82) is 0 Å². The van der Waals surface area contributed by atoms with Crippen LogP contribution in [0, 0.1) is 12.8 Å². The van der Waals surface area contributed by atoms with Crippen molar-refractivity contribution in [2.24, 2.45) is 5.92 Å². The van der Waals surface area contributed by atoms with E-state index in [1.807, 2.05) is 0 Å². The highest BCUT2D eigenvalue weighted by atomic mass is 16.4. The van der Waals surface area contributed by atoms with Crippen molar-refractivity contribution in [1.82, 2.24) is 4.98 Å². The smallest absolute Gasteiger partial charge is 0.204 e. The molecule has 1 heterocycles. The highest BCUT2D eigenvalue weighted by Crippen LogP contribution is 2.57. The van der Waals surface area contributed by atoms with E-state index in [4.69, 9.17) is 0 Å². The average Bonchev–Trinajstić information content (AvgIpc) is 3.20. The summed E-state index contributed by atoms with van der Waals surface area (Å²) in [5.41, 5.74) is -0.372. The van der Waals surface area contributed by atoms with E-state index < -0.39 is 74.7 Å². The SMILES string of the molecule is BC1c2[nH]c3c(O)c4c(C)c(O)c(O)c(O)c4c(O)c3c2C(O)=C2C(O)=C(O)C(O)=C(O)C21. The van der Waals surface area contributed by atoms with E-state index in [0.717, 1.165) is 0 Å². The van der Waals surface area contributed by atoms with Gasteiger partial charge < -0.3 is 56.0 Å². The van der Waals surface area contributed by atoms with E-state index in [1.54, 1.807) is 7.85 Å². The van der Waals surface area contributed by atoms with E-state index in [9.17, 15) is 51.1 Å². The van der Waals surface area contributed by atoms with Crippen LogP contribution in [0.3, 0.4) is 0 Å². The normalized spacial score (nSPS) is 20.6. The van der Waals surface area contributed by atoms with Gasteiger partial charge in [0.15, 0.2) is 17.3 Å². The van der Waals surface area contributed by atoms with Gasteiger partial charge in [0.2, 0.25) is 17.3 Å². The third-order valence-electron chi connectivity index (χ3n) is 6.64. The van der Waals surface area contributed by atoms with Crippen LogP contribution in [0.15, 0.2) is 28.6 Å². The van der Waals surface area contributed by atoms with Crippen LogP contribution >= 0.6 is 0 Å². The van der Waals surface area contributed by atoms with E-state index in [1.165, 1.54) is 6.92 Å². The zero-order valence-electron chi connectivity index (χ0n) is 17.1. The first-order valence-corrected chi connectivity index (χ1v) is 9.76. The molecule has 11 nitrogen and oxygen atoms in total. The fraction of sp³-hybridized carbons (Fsp3) is 0.143. The summed E-state index contributed by atoms with van der Waals surface area (Å²) in [5.74, 6) is -9.93. The Balaban J connectivity index is 2.00. The first-order valence-electron chi connectivity index (χ1n) is 9.76. The lowest BCUT2D eigenvalue weighted by molar-refractivity contribution is 0.219. The van der Waals surface area contributed by atoms with Crippen molar-refractivity contribution in [3.63, 3.8) is 0 Å². The second-order valence-electron chi connectivity index (χ2n) is 8.24. The lowest BCUT2D eigenvalue weighted by Crippen LogP contribution is -2.29. The number of hydrogen-bond acceptors (Lipinski definition) is 10. The van der Waals surface area contributed by atoms with Crippen LogP contribution < -0.4 is 0 Å². The van der Waals surface area contributed by atoms with Gasteiger partial charge in [0.05, 0.1) is 27.8 Å². The van der Waals surface area contributed by atoms with Crippen molar-refractivity contribution in [2.75, 3.05) is 0 Å². The fourth-order valence-corrected chi connectivity index (χ4v) is 4.97. The van der Waals surface area contributed by atoms with Gasteiger partial charge in [-0.15, -0.1) is 0 Å². The number of aliphatic hydroxyl groups is 5. The quantitative estimate of drug-likeness (QED) is 0.135. The molecule has 0 aliphatic heterocycles. The summed E-state index contributed by atoms with van der Waals surface area (Å²) in [4.78, 5) is 2.87. The highest BCUT2D eigenvalue weighted by molar-refractivity contribution is 6.20. The minimum absolute atomic E-state index is 0.0390. The van der Waals surface area contributed by atoms with Gasteiger partial charge in [-0.2, -0.15) is 0 Å². The maximum atomic E-state index is 11.1. The van der Waals surface area contributed by atoms with Gasteiger partial charge in [-0.25, -0.2) is 0 Å². The first kappa shape index (κ1) is 20.4. The number of nitrogens with one attached hydrogen (secondary N) is 1. The van der Waals surface area contributed by atoms with E-state index >= 15 is 0 Å². The molecular weight excluding hydrogens is 437 g/mol. The molecule has 11 N–H and O–H groups in total. The molecule has 0 fully saturated rings. The molecule has 0 saturated carbocycles. The van der Waals surface area contributed by atoms with Crippen LogP contribution in [0.2, 0.25) is 0 Å². The molecule has 170 valence electrons. The molecule has 2 unspecified atom stereocenters. The molecule has 1 aromatic heterocycles. The monoisotopic (exact) mass is 455 g/mol. The lowest BCUT2D eigenvalue weighted by Gasteiger charge is -2.34. The summed E-state index contributed by atoms with van der Waals surface area (Å²) >= 11 is 0. The minimum atomic E-state index is -1.18. The van der Waals surface area contributed by atoms with Gasteiger partial charge in [-0.05, 0) is 12.7 Å².